The number of nitrogens with zero attached hydrogens (tertiary/aromatic N) is 3. The van der Waals surface area contributed by atoms with E-state index >= 15 is 0 Å². The van der Waals surface area contributed by atoms with Gasteiger partial charge in [-0.1, -0.05) is 5.16 Å². The number of aliphatic carboxylic acids is 1. The van der Waals surface area contributed by atoms with Gasteiger partial charge in [0.25, 0.3) is 0 Å². The maximum absolute atomic E-state index is 11.6. The maximum Gasteiger partial charge on any atom is 0.304 e. The summed E-state index contributed by atoms with van der Waals surface area (Å²) in [7, 11) is -3.17. The lowest BCUT2D eigenvalue weighted by molar-refractivity contribution is -0.138. The summed E-state index contributed by atoms with van der Waals surface area (Å²) in [5.41, 5.74) is 0. The Kier molecular flexibility index (Phi) is 3.85. The van der Waals surface area contributed by atoms with Crippen LogP contribution in [0.4, 0.5) is 0 Å². The Balaban J connectivity index is 2.10. The van der Waals surface area contributed by atoms with Gasteiger partial charge in [0, 0.05) is 12.6 Å². The topological polar surface area (TPSA) is 114 Å². The summed E-state index contributed by atoms with van der Waals surface area (Å²) in [6, 6.07) is -0.552. The van der Waals surface area contributed by atoms with Crippen molar-refractivity contribution in [2.24, 2.45) is 0 Å². The van der Waals surface area contributed by atoms with Crippen LogP contribution in [-0.4, -0.2) is 58.6 Å². The molecule has 19 heavy (non-hydrogen) atoms. The van der Waals surface area contributed by atoms with Crippen LogP contribution >= 0.6 is 0 Å². The van der Waals surface area contributed by atoms with Crippen molar-refractivity contribution in [3.8, 4) is 0 Å². The highest BCUT2D eigenvalue weighted by molar-refractivity contribution is 7.91. The fourth-order valence-electron chi connectivity index (χ4n) is 2.10. The zero-order valence-corrected chi connectivity index (χ0v) is 11.3. The molecule has 2 heterocycles. The number of carboxylic acid groups (broad SMARTS) is 1. The Morgan fingerprint density at radius 2 is 2.32 bits per heavy atom. The highest BCUT2D eigenvalue weighted by Crippen LogP contribution is 2.17. The van der Waals surface area contributed by atoms with Crippen molar-refractivity contribution in [3.05, 3.63) is 11.7 Å². The van der Waals surface area contributed by atoms with Crippen molar-refractivity contribution >= 4 is 15.8 Å². The van der Waals surface area contributed by atoms with Gasteiger partial charge in [0.15, 0.2) is 15.7 Å². The van der Waals surface area contributed by atoms with Crippen LogP contribution < -0.4 is 0 Å². The molecule has 1 fully saturated rings. The normalized spacial score (nSPS) is 23.3. The van der Waals surface area contributed by atoms with Gasteiger partial charge in [0.1, 0.15) is 0 Å². The predicted octanol–water partition coefficient (Wildman–Crippen LogP) is -0.548. The number of carbonyl (C=O) groups is 1. The van der Waals surface area contributed by atoms with Crippen molar-refractivity contribution < 1.29 is 22.8 Å². The highest BCUT2D eigenvalue weighted by atomic mass is 32.2. The molecule has 2 rings (SSSR count). The molecule has 0 aromatic carbocycles. The van der Waals surface area contributed by atoms with Crippen molar-refractivity contribution in [3.63, 3.8) is 0 Å². The van der Waals surface area contributed by atoms with Gasteiger partial charge in [0.05, 0.1) is 24.5 Å². The Hall–Kier alpha value is -1.48. The standard InChI is InChI=1S/C10H15N3O5S/c1-7-11-9(18-12-7)5-13-2-3-19(16,17)6-8(13)4-10(14)15/h8H,2-6H2,1H3,(H,14,15). The first-order chi connectivity index (χ1) is 8.85. The molecule has 9 heteroatoms. The van der Waals surface area contributed by atoms with Gasteiger partial charge < -0.3 is 9.63 Å². The first-order valence-electron chi connectivity index (χ1n) is 5.81. The van der Waals surface area contributed by atoms with Crippen molar-refractivity contribution in [2.75, 3.05) is 18.1 Å². The molecule has 106 valence electrons. The maximum atomic E-state index is 11.6. The third-order valence-corrected chi connectivity index (χ3v) is 4.67. The van der Waals surface area contributed by atoms with E-state index < -0.39 is 21.8 Å². The van der Waals surface area contributed by atoms with Crippen LogP contribution in [0.2, 0.25) is 0 Å². The molecular formula is C10H15N3O5S. The fraction of sp³-hybridized carbons (Fsp3) is 0.700. The minimum atomic E-state index is -3.17. The number of carboxylic acids is 1. The molecule has 1 aromatic rings. The van der Waals surface area contributed by atoms with Gasteiger partial charge in [0.2, 0.25) is 5.89 Å². The van der Waals surface area contributed by atoms with Crippen LogP contribution in [0.1, 0.15) is 18.1 Å². The number of hydrogen-bond donors (Lipinski definition) is 1. The van der Waals surface area contributed by atoms with E-state index in [9.17, 15) is 13.2 Å². The second kappa shape index (κ2) is 5.25. The van der Waals surface area contributed by atoms with Crippen LogP contribution in [0.3, 0.4) is 0 Å². The zero-order chi connectivity index (χ0) is 14.0. The van der Waals surface area contributed by atoms with E-state index in [1.807, 2.05) is 0 Å². The number of aryl methyl sites for hydroxylation is 1. The minimum Gasteiger partial charge on any atom is -0.481 e. The molecule has 0 saturated carbocycles. The Morgan fingerprint density at radius 3 is 2.89 bits per heavy atom. The highest BCUT2D eigenvalue weighted by Gasteiger charge is 2.33. The summed E-state index contributed by atoms with van der Waals surface area (Å²) in [4.78, 5) is 16.6. The van der Waals surface area contributed by atoms with Crippen LogP contribution in [0.5, 0.6) is 0 Å². The van der Waals surface area contributed by atoms with Crippen molar-refractivity contribution in [1.82, 2.24) is 15.0 Å². The van der Waals surface area contributed by atoms with Crippen molar-refractivity contribution in [2.45, 2.75) is 25.9 Å². The van der Waals surface area contributed by atoms with Crippen LogP contribution in [-0.2, 0) is 21.2 Å². The summed E-state index contributed by atoms with van der Waals surface area (Å²) in [5, 5.41) is 12.5. The van der Waals surface area contributed by atoms with Crippen molar-refractivity contribution in [1.29, 1.82) is 0 Å². The van der Waals surface area contributed by atoms with E-state index in [1.165, 1.54) is 0 Å². The Bertz CT molecular complexity index is 567. The van der Waals surface area contributed by atoms with Gasteiger partial charge in [-0.05, 0) is 6.92 Å². The Labute approximate surface area is 110 Å². The molecular weight excluding hydrogens is 274 g/mol. The molecule has 1 atom stereocenters. The predicted molar refractivity (Wildman–Crippen MR) is 64.1 cm³/mol. The monoisotopic (exact) mass is 289 g/mol. The van der Waals surface area contributed by atoms with Gasteiger partial charge in [-0.25, -0.2) is 8.42 Å². The van der Waals surface area contributed by atoms with E-state index in [-0.39, 0.29) is 31.0 Å². The minimum absolute atomic E-state index is 0.0240. The van der Waals surface area contributed by atoms with Gasteiger partial charge >= 0.3 is 5.97 Å². The molecule has 1 aliphatic heterocycles. The van der Waals surface area contributed by atoms with Crippen LogP contribution in [0, 0.1) is 6.92 Å². The quantitative estimate of drug-likeness (QED) is 0.785. The number of hydrogen-bond acceptors (Lipinski definition) is 7. The lowest BCUT2D eigenvalue weighted by Crippen LogP contribution is -2.48. The molecule has 1 N–H and O–H groups in total. The SMILES string of the molecule is Cc1noc(CN2CCS(=O)(=O)CC2CC(=O)O)n1. The molecule has 0 spiro atoms. The fourth-order valence-corrected chi connectivity index (χ4v) is 3.69. The molecule has 1 aliphatic rings. The average molecular weight is 289 g/mol. The summed E-state index contributed by atoms with van der Waals surface area (Å²) in [6.07, 6.45) is -0.216. The molecule has 0 bridgehead atoms. The molecule has 8 nitrogen and oxygen atoms in total. The van der Waals surface area contributed by atoms with E-state index in [0.717, 1.165) is 0 Å². The Morgan fingerprint density at radius 1 is 1.58 bits per heavy atom. The third-order valence-electron chi connectivity index (χ3n) is 2.97. The van der Waals surface area contributed by atoms with E-state index in [2.05, 4.69) is 10.1 Å². The van der Waals surface area contributed by atoms with Gasteiger partial charge in [-0.3, -0.25) is 9.69 Å². The molecule has 0 radical (unpaired) electrons. The first kappa shape index (κ1) is 13.9. The van der Waals surface area contributed by atoms with E-state index in [4.69, 9.17) is 9.63 Å². The second-order valence-corrected chi connectivity index (χ2v) is 6.80. The van der Waals surface area contributed by atoms with Crippen LogP contribution in [0.15, 0.2) is 4.52 Å². The third kappa shape index (κ3) is 3.74. The number of rotatable bonds is 4. The van der Waals surface area contributed by atoms with Crippen LogP contribution in [0.25, 0.3) is 0 Å². The molecule has 1 saturated heterocycles. The molecule has 1 unspecified atom stereocenters. The smallest absolute Gasteiger partial charge is 0.304 e. The largest absolute Gasteiger partial charge is 0.481 e. The lowest BCUT2D eigenvalue weighted by atomic mass is 10.2. The van der Waals surface area contributed by atoms with E-state index in [0.29, 0.717) is 11.7 Å². The summed E-state index contributed by atoms with van der Waals surface area (Å²) in [6.45, 7) is 2.23. The van der Waals surface area contributed by atoms with Gasteiger partial charge in [-0.15, -0.1) is 0 Å². The summed E-state index contributed by atoms with van der Waals surface area (Å²) < 4.78 is 28.1. The molecule has 0 amide bonds. The average Bonchev–Trinajstić information content (AvgIpc) is 2.67. The van der Waals surface area contributed by atoms with E-state index in [1.54, 1.807) is 11.8 Å². The molecule has 0 aliphatic carbocycles. The summed E-state index contributed by atoms with van der Waals surface area (Å²) in [5.74, 6) is -0.279. The second-order valence-electron chi connectivity index (χ2n) is 4.57. The molecule has 1 aromatic heterocycles. The van der Waals surface area contributed by atoms with Gasteiger partial charge in [-0.2, -0.15) is 4.98 Å². The first-order valence-corrected chi connectivity index (χ1v) is 7.63. The summed E-state index contributed by atoms with van der Waals surface area (Å²) >= 11 is 0. The lowest BCUT2D eigenvalue weighted by Gasteiger charge is -2.33. The number of aromatic nitrogens is 2. The number of sulfone groups is 1. The zero-order valence-electron chi connectivity index (χ0n) is 10.4.